The number of nitrogens with two attached hydrogens (primary N) is 1. The van der Waals surface area contributed by atoms with Crippen molar-refractivity contribution in [1.82, 2.24) is 0 Å². The van der Waals surface area contributed by atoms with Gasteiger partial charge in [0.25, 0.3) is 0 Å². The van der Waals surface area contributed by atoms with Crippen LogP contribution in [-0.4, -0.2) is 44.2 Å². The summed E-state index contributed by atoms with van der Waals surface area (Å²) < 4.78 is 16.4. The molecule has 0 bridgehead atoms. The average molecular weight is 295 g/mol. The molecule has 0 radical (unpaired) electrons. The first-order chi connectivity index (χ1) is 10.3. The second kappa shape index (κ2) is 9.00. The van der Waals surface area contributed by atoms with Crippen LogP contribution in [0, 0.1) is 5.92 Å². The van der Waals surface area contributed by atoms with Gasteiger partial charge in [-0.05, 0) is 36.5 Å². The van der Waals surface area contributed by atoms with Gasteiger partial charge in [-0.15, -0.1) is 0 Å². The third-order valence-corrected chi connectivity index (χ3v) is 3.61. The Morgan fingerprint density at radius 3 is 2.57 bits per heavy atom. The maximum Gasteiger partial charge on any atom is 0.119 e. The molecular formula is C16H25NO4. The minimum Gasteiger partial charge on any atom is -0.491 e. The van der Waals surface area contributed by atoms with Crippen LogP contribution in [0.3, 0.4) is 0 Å². The molecule has 2 rings (SSSR count). The number of ether oxygens (including phenoxy) is 3. The lowest BCUT2D eigenvalue weighted by Crippen LogP contribution is -2.26. The summed E-state index contributed by atoms with van der Waals surface area (Å²) in [6.07, 6.45) is 1.47. The molecule has 3 N–H and O–H groups in total. The zero-order valence-electron chi connectivity index (χ0n) is 12.4. The molecule has 1 heterocycles. The number of hydrogen-bond donors (Lipinski definition) is 2. The zero-order chi connectivity index (χ0) is 14.9. The minimum atomic E-state index is -0.612. The topological polar surface area (TPSA) is 73.9 Å². The van der Waals surface area contributed by atoms with Crippen molar-refractivity contribution in [3.05, 3.63) is 29.8 Å². The SMILES string of the molecule is NCc1ccc(OCC(O)COCC2CCOCC2)cc1. The molecule has 1 atom stereocenters. The van der Waals surface area contributed by atoms with Gasteiger partial charge in [0.05, 0.1) is 6.61 Å². The fourth-order valence-electron chi connectivity index (χ4n) is 2.25. The van der Waals surface area contributed by atoms with E-state index >= 15 is 0 Å². The Hall–Kier alpha value is -1.14. The van der Waals surface area contributed by atoms with Crippen LogP contribution in [0.4, 0.5) is 0 Å². The molecule has 1 aliphatic rings. The van der Waals surface area contributed by atoms with E-state index in [0.29, 0.717) is 25.7 Å². The van der Waals surface area contributed by atoms with E-state index in [2.05, 4.69) is 0 Å². The Morgan fingerprint density at radius 1 is 1.19 bits per heavy atom. The molecule has 1 aromatic carbocycles. The predicted molar refractivity (Wildman–Crippen MR) is 80.2 cm³/mol. The van der Waals surface area contributed by atoms with E-state index in [9.17, 15) is 5.11 Å². The molecule has 1 unspecified atom stereocenters. The maximum atomic E-state index is 9.85. The average Bonchev–Trinajstić information content (AvgIpc) is 2.54. The van der Waals surface area contributed by atoms with Gasteiger partial charge in [0.1, 0.15) is 18.5 Å². The first-order valence-electron chi connectivity index (χ1n) is 7.53. The first kappa shape index (κ1) is 16.2. The van der Waals surface area contributed by atoms with Crippen LogP contribution in [0.1, 0.15) is 18.4 Å². The predicted octanol–water partition coefficient (Wildman–Crippen LogP) is 1.33. The number of rotatable bonds is 8. The van der Waals surface area contributed by atoms with Gasteiger partial charge in [-0.25, -0.2) is 0 Å². The van der Waals surface area contributed by atoms with Crippen LogP contribution in [0.25, 0.3) is 0 Å². The summed E-state index contributed by atoms with van der Waals surface area (Å²) in [6.45, 7) is 3.37. The summed E-state index contributed by atoms with van der Waals surface area (Å²) in [5.41, 5.74) is 6.59. The van der Waals surface area contributed by atoms with Gasteiger partial charge in [-0.2, -0.15) is 0 Å². The van der Waals surface area contributed by atoms with Crippen molar-refractivity contribution in [2.45, 2.75) is 25.5 Å². The summed E-state index contributed by atoms with van der Waals surface area (Å²) >= 11 is 0. The van der Waals surface area contributed by atoms with Gasteiger partial charge in [0.15, 0.2) is 0 Å². The molecule has 0 aromatic heterocycles. The lowest BCUT2D eigenvalue weighted by molar-refractivity contribution is -0.0203. The van der Waals surface area contributed by atoms with Crippen LogP contribution in [0.2, 0.25) is 0 Å². The third-order valence-electron chi connectivity index (χ3n) is 3.61. The van der Waals surface area contributed by atoms with E-state index in [4.69, 9.17) is 19.9 Å². The van der Waals surface area contributed by atoms with Crippen LogP contribution in [-0.2, 0) is 16.0 Å². The molecular weight excluding hydrogens is 270 g/mol. The Kier molecular flexibility index (Phi) is 6.95. The molecule has 5 heteroatoms. The molecule has 5 nitrogen and oxygen atoms in total. The second-order valence-corrected chi connectivity index (χ2v) is 5.41. The van der Waals surface area contributed by atoms with Crippen LogP contribution < -0.4 is 10.5 Å². The molecule has 1 fully saturated rings. The molecule has 118 valence electrons. The van der Waals surface area contributed by atoms with E-state index in [-0.39, 0.29) is 6.61 Å². The monoisotopic (exact) mass is 295 g/mol. The van der Waals surface area contributed by atoms with Crippen molar-refractivity contribution in [3.8, 4) is 5.75 Å². The summed E-state index contributed by atoms with van der Waals surface area (Å²) in [7, 11) is 0. The Labute approximate surface area is 126 Å². The fraction of sp³-hybridized carbons (Fsp3) is 0.625. The number of benzene rings is 1. The Balaban J connectivity index is 1.59. The van der Waals surface area contributed by atoms with Gasteiger partial charge in [-0.1, -0.05) is 12.1 Å². The van der Waals surface area contributed by atoms with E-state index in [1.807, 2.05) is 24.3 Å². The summed E-state index contributed by atoms with van der Waals surface area (Å²) in [5.74, 6) is 1.28. The first-order valence-corrected chi connectivity index (χ1v) is 7.53. The highest BCUT2D eigenvalue weighted by Gasteiger charge is 2.14. The zero-order valence-corrected chi connectivity index (χ0v) is 12.4. The molecule has 0 saturated carbocycles. The normalized spacial score (nSPS) is 17.6. The standard InChI is InChI=1S/C16H25NO4/c17-9-13-1-3-16(4-2-13)21-12-15(18)11-20-10-14-5-7-19-8-6-14/h1-4,14-15,18H,5-12,17H2. The smallest absolute Gasteiger partial charge is 0.119 e. The quantitative estimate of drug-likeness (QED) is 0.757. The summed E-state index contributed by atoms with van der Waals surface area (Å²) in [5, 5.41) is 9.85. The van der Waals surface area contributed by atoms with Gasteiger partial charge in [0.2, 0.25) is 0 Å². The van der Waals surface area contributed by atoms with E-state index in [1.54, 1.807) is 0 Å². The Morgan fingerprint density at radius 2 is 1.90 bits per heavy atom. The molecule has 0 spiro atoms. The fourth-order valence-corrected chi connectivity index (χ4v) is 2.25. The van der Waals surface area contributed by atoms with Crippen molar-refractivity contribution >= 4 is 0 Å². The van der Waals surface area contributed by atoms with E-state index in [1.165, 1.54) is 0 Å². The number of hydrogen-bond acceptors (Lipinski definition) is 5. The lowest BCUT2D eigenvalue weighted by Gasteiger charge is -2.22. The van der Waals surface area contributed by atoms with Crippen molar-refractivity contribution in [1.29, 1.82) is 0 Å². The van der Waals surface area contributed by atoms with Crippen LogP contribution >= 0.6 is 0 Å². The highest BCUT2D eigenvalue weighted by molar-refractivity contribution is 5.27. The van der Waals surface area contributed by atoms with E-state index in [0.717, 1.165) is 37.4 Å². The highest BCUT2D eigenvalue weighted by atomic mass is 16.5. The largest absolute Gasteiger partial charge is 0.491 e. The molecule has 1 aliphatic heterocycles. The number of aliphatic hydroxyl groups excluding tert-OH is 1. The van der Waals surface area contributed by atoms with Crippen molar-refractivity contribution in [3.63, 3.8) is 0 Å². The van der Waals surface area contributed by atoms with E-state index < -0.39 is 6.10 Å². The third kappa shape index (κ3) is 6.01. The van der Waals surface area contributed by atoms with Gasteiger partial charge < -0.3 is 25.1 Å². The molecule has 1 saturated heterocycles. The molecule has 0 amide bonds. The maximum absolute atomic E-state index is 9.85. The highest BCUT2D eigenvalue weighted by Crippen LogP contribution is 2.15. The molecule has 0 aliphatic carbocycles. The summed E-state index contributed by atoms with van der Waals surface area (Å²) in [6, 6.07) is 7.56. The van der Waals surface area contributed by atoms with Gasteiger partial charge in [-0.3, -0.25) is 0 Å². The molecule has 1 aromatic rings. The van der Waals surface area contributed by atoms with Gasteiger partial charge in [0, 0.05) is 26.4 Å². The summed E-state index contributed by atoms with van der Waals surface area (Å²) in [4.78, 5) is 0. The van der Waals surface area contributed by atoms with Crippen molar-refractivity contribution < 1.29 is 19.3 Å². The Bertz CT molecular complexity index is 390. The van der Waals surface area contributed by atoms with Crippen LogP contribution in [0.5, 0.6) is 5.75 Å². The molecule has 21 heavy (non-hydrogen) atoms. The van der Waals surface area contributed by atoms with Gasteiger partial charge >= 0.3 is 0 Å². The number of aliphatic hydroxyl groups is 1. The minimum absolute atomic E-state index is 0.232. The van der Waals surface area contributed by atoms with Crippen molar-refractivity contribution in [2.24, 2.45) is 11.7 Å². The van der Waals surface area contributed by atoms with Crippen LogP contribution in [0.15, 0.2) is 24.3 Å². The van der Waals surface area contributed by atoms with Crippen molar-refractivity contribution in [2.75, 3.05) is 33.0 Å². The second-order valence-electron chi connectivity index (χ2n) is 5.41. The lowest BCUT2D eigenvalue weighted by atomic mass is 10.0.